The van der Waals surface area contributed by atoms with Gasteiger partial charge in [-0.15, -0.1) is 0 Å². The van der Waals surface area contributed by atoms with Crippen molar-refractivity contribution in [2.24, 2.45) is 10.9 Å². The average Bonchev–Trinajstić information content (AvgIpc) is 2.16. The van der Waals surface area contributed by atoms with Crippen LogP contribution in [-0.2, 0) is 0 Å². The fourth-order valence-corrected chi connectivity index (χ4v) is 1.51. The lowest BCUT2D eigenvalue weighted by atomic mass is 10.1. The van der Waals surface area contributed by atoms with Crippen LogP contribution in [0.5, 0.6) is 5.75 Å². The van der Waals surface area contributed by atoms with E-state index in [-0.39, 0.29) is 0 Å². The second kappa shape index (κ2) is 4.28. The van der Waals surface area contributed by atoms with Crippen LogP contribution in [-0.4, -0.2) is 12.8 Å². The Bertz CT molecular complexity index is 336. The number of hydrogen-bond acceptors (Lipinski definition) is 3. The maximum Gasteiger partial charge on any atom is 0.133 e. The number of nitrogens with two attached hydrogens (primary N) is 1. The lowest BCUT2D eigenvalue weighted by Gasteiger charge is -2.05. The third-order valence-corrected chi connectivity index (χ3v) is 2.38. The Balaban J connectivity index is 3.10. The zero-order valence-corrected chi connectivity index (χ0v) is 9.13. The van der Waals surface area contributed by atoms with Crippen LogP contribution in [0, 0.1) is 0 Å². The van der Waals surface area contributed by atoms with Crippen molar-refractivity contribution in [3.05, 3.63) is 28.2 Å². The van der Waals surface area contributed by atoms with E-state index in [0.29, 0.717) is 0 Å². The summed E-state index contributed by atoms with van der Waals surface area (Å²) in [7, 11) is 1.63. The van der Waals surface area contributed by atoms with Gasteiger partial charge in [0.1, 0.15) is 5.75 Å². The highest BCUT2D eigenvalue weighted by molar-refractivity contribution is 9.10. The van der Waals surface area contributed by atoms with Crippen LogP contribution in [0.4, 0.5) is 0 Å². The first-order valence-corrected chi connectivity index (χ1v) is 4.56. The van der Waals surface area contributed by atoms with E-state index in [9.17, 15) is 0 Å². The summed E-state index contributed by atoms with van der Waals surface area (Å²) in [6.45, 7) is 1.86. The van der Waals surface area contributed by atoms with Crippen molar-refractivity contribution in [2.75, 3.05) is 7.11 Å². The number of ether oxygens (including phenoxy) is 1. The molecule has 1 rings (SSSR count). The molecule has 3 nitrogen and oxygen atoms in total. The maximum atomic E-state index is 5.17. The molecule has 0 heterocycles. The molecule has 0 bridgehead atoms. The van der Waals surface area contributed by atoms with Gasteiger partial charge in [-0.3, -0.25) is 0 Å². The molecule has 0 amide bonds. The number of rotatable bonds is 2. The van der Waals surface area contributed by atoms with E-state index in [1.165, 1.54) is 0 Å². The molecule has 1 aromatic rings. The molecule has 0 spiro atoms. The van der Waals surface area contributed by atoms with E-state index in [2.05, 4.69) is 21.0 Å². The minimum absolute atomic E-state index is 0.795. The van der Waals surface area contributed by atoms with Crippen molar-refractivity contribution in [3.63, 3.8) is 0 Å². The molecule has 0 aliphatic heterocycles. The van der Waals surface area contributed by atoms with E-state index >= 15 is 0 Å². The molecule has 0 atom stereocenters. The van der Waals surface area contributed by atoms with Crippen molar-refractivity contribution in [1.29, 1.82) is 0 Å². The van der Waals surface area contributed by atoms with Gasteiger partial charge in [0.15, 0.2) is 0 Å². The first-order valence-electron chi connectivity index (χ1n) is 3.77. The third-order valence-electron chi connectivity index (χ3n) is 1.76. The molecule has 70 valence electrons. The molecule has 0 fully saturated rings. The van der Waals surface area contributed by atoms with E-state index in [0.717, 1.165) is 21.5 Å². The summed E-state index contributed by atoms with van der Waals surface area (Å²) in [5.41, 5.74) is 1.78. The summed E-state index contributed by atoms with van der Waals surface area (Å²) >= 11 is 3.38. The minimum Gasteiger partial charge on any atom is -0.496 e. The van der Waals surface area contributed by atoms with Gasteiger partial charge in [-0.25, -0.2) is 0 Å². The highest BCUT2D eigenvalue weighted by atomic mass is 79.9. The predicted octanol–water partition coefficient (Wildman–Crippen LogP) is 2.14. The van der Waals surface area contributed by atoms with Crippen molar-refractivity contribution in [3.8, 4) is 5.75 Å². The van der Waals surface area contributed by atoms with Gasteiger partial charge >= 0.3 is 0 Å². The van der Waals surface area contributed by atoms with Crippen molar-refractivity contribution in [1.82, 2.24) is 0 Å². The number of benzene rings is 1. The predicted molar refractivity (Wildman–Crippen MR) is 57.1 cm³/mol. The number of hydrogen-bond donors (Lipinski definition) is 1. The monoisotopic (exact) mass is 242 g/mol. The van der Waals surface area contributed by atoms with Gasteiger partial charge in [0.2, 0.25) is 0 Å². The number of nitrogens with zero attached hydrogens (tertiary/aromatic N) is 1. The van der Waals surface area contributed by atoms with Crippen LogP contribution in [0.2, 0.25) is 0 Å². The fourth-order valence-electron chi connectivity index (χ4n) is 0.966. The zero-order chi connectivity index (χ0) is 9.84. The zero-order valence-electron chi connectivity index (χ0n) is 7.54. The summed E-state index contributed by atoms with van der Waals surface area (Å²) in [5.74, 6) is 5.97. The topological polar surface area (TPSA) is 47.6 Å². The molecule has 2 N–H and O–H groups in total. The SMILES string of the molecule is COc1ccc(/C(C)=N/N)cc1Br. The van der Waals surface area contributed by atoms with Crippen LogP contribution in [0.3, 0.4) is 0 Å². The summed E-state index contributed by atoms with van der Waals surface area (Å²) in [6, 6.07) is 5.70. The van der Waals surface area contributed by atoms with E-state index in [1.54, 1.807) is 7.11 Å². The van der Waals surface area contributed by atoms with Crippen molar-refractivity contribution >= 4 is 21.6 Å². The standard InChI is InChI=1S/C9H11BrN2O/c1-6(12-11)7-3-4-9(13-2)8(10)5-7/h3-5H,11H2,1-2H3/b12-6+. The Labute approximate surface area is 85.7 Å². The van der Waals surface area contributed by atoms with Gasteiger partial charge < -0.3 is 10.6 Å². The second-order valence-electron chi connectivity index (χ2n) is 2.56. The van der Waals surface area contributed by atoms with Crippen molar-refractivity contribution in [2.45, 2.75) is 6.92 Å². The first kappa shape index (κ1) is 10.1. The molecule has 0 radical (unpaired) electrons. The second-order valence-corrected chi connectivity index (χ2v) is 3.42. The summed E-state index contributed by atoms with van der Waals surface area (Å²) < 4.78 is 5.99. The number of methoxy groups -OCH3 is 1. The largest absolute Gasteiger partial charge is 0.496 e. The van der Waals surface area contributed by atoms with Gasteiger partial charge in [-0.2, -0.15) is 5.10 Å². The van der Waals surface area contributed by atoms with Crippen LogP contribution in [0.1, 0.15) is 12.5 Å². The van der Waals surface area contributed by atoms with Gasteiger partial charge in [-0.1, -0.05) is 0 Å². The van der Waals surface area contributed by atoms with Crippen molar-refractivity contribution < 1.29 is 4.74 Å². The molecule has 0 aliphatic carbocycles. The normalized spacial score (nSPS) is 11.5. The molecule has 0 aromatic heterocycles. The minimum atomic E-state index is 0.795. The Morgan fingerprint density at radius 3 is 2.69 bits per heavy atom. The number of halogens is 1. The molecule has 0 unspecified atom stereocenters. The van der Waals surface area contributed by atoms with Gasteiger partial charge in [0.25, 0.3) is 0 Å². The molecule has 1 aromatic carbocycles. The molecule has 0 saturated heterocycles. The summed E-state index contributed by atoms with van der Waals surface area (Å²) in [4.78, 5) is 0. The Hall–Kier alpha value is -1.03. The number of hydrazone groups is 1. The van der Waals surface area contributed by atoms with Crippen LogP contribution < -0.4 is 10.6 Å². The smallest absolute Gasteiger partial charge is 0.133 e. The highest BCUT2D eigenvalue weighted by Gasteiger charge is 2.02. The lowest BCUT2D eigenvalue weighted by Crippen LogP contribution is -1.98. The maximum absolute atomic E-state index is 5.17. The molecule has 0 saturated carbocycles. The summed E-state index contributed by atoms with van der Waals surface area (Å²) in [5, 5.41) is 3.61. The van der Waals surface area contributed by atoms with Gasteiger partial charge in [-0.05, 0) is 46.6 Å². The first-order chi connectivity index (χ1) is 6.19. The summed E-state index contributed by atoms with van der Waals surface area (Å²) in [6.07, 6.45) is 0. The highest BCUT2D eigenvalue weighted by Crippen LogP contribution is 2.25. The molecule has 13 heavy (non-hydrogen) atoms. The quantitative estimate of drug-likeness (QED) is 0.491. The molecule has 4 heteroatoms. The average molecular weight is 243 g/mol. The van der Waals surface area contributed by atoms with Crippen LogP contribution in [0.25, 0.3) is 0 Å². The third kappa shape index (κ3) is 2.21. The molecular formula is C9H11BrN2O. The van der Waals surface area contributed by atoms with Gasteiger partial charge in [0, 0.05) is 0 Å². The molecule has 0 aliphatic rings. The Kier molecular flexibility index (Phi) is 3.31. The van der Waals surface area contributed by atoms with E-state index < -0.39 is 0 Å². The van der Waals surface area contributed by atoms with E-state index in [4.69, 9.17) is 10.6 Å². The fraction of sp³-hybridized carbons (Fsp3) is 0.222. The Morgan fingerprint density at radius 2 is 2.23 bits per heavy atom. The molecular weight excluding hydrogens is 232 g/mol. The lowest BCUT2D eigenvalue weighted by molar-refractivity contribution is 0.412. The van der Waals surface area contributed by atoms with Crippen LogP contribution in [0.15, 0.2) is 27.8 Å². The van der Waals surface area contributed by atoms with E-state index in [1.807, 2.05) is 25.1 Å². The Morgan fingerprint density at radius 1 is 1.54 bits per heavy atom. The van der Waals surface area contributed by atoms with Crippen LogP contribution >= 0.6 is 15.9 Å². The van der Waals surface area contributed by atoms with Gasteiger partial charge in [0.05, 0.1) is 17.3 Å².